The quantitative estimate of drug-likeness (QED) is 0.311. The van der Waals surface area contributed by atoms with Gasteiger partial charge in [0.2, 0.25) is 5.91 Å². The van der Waals surface area contributed by atoms with Gasteiger partial charge < -0.3 is 30.4 Å². The number of carbonyl (C=O) groups is 1. The van der Waals surface area contributed by atoms with E-state index in [9.17, 15) is 25.2 Å². The lowest BCUT2D eigenvalue weighted by Gasteiger charge is -2.28. The van der Waals surface area contributed by atoms with E-state index in [0.29, 0.717) is 6.42 Å². The van der Waals surface area contributed by atoms with Crippen molar-refractivity contribution in [3.05, 3.63) is 0 Å². The van der Waals surface area contributed by atoms with Crippen molar-refractivity contribution in [3.63, 3.8) is 0 Å². The summed E-state index contributed by atoms with van der Waals surface area (Å²) in [6.45, 7) is 1.15. The average molecular weight is 293 g/mol. The molecular formula is C13H27NO6. The maximum atomic E-state index is 11.7. The van der Waals surface area contributed by atoms with E-state index in [2.05, 4.69) is 0 Å². The van der Waals surface area contributed by atoms with Crippen molar-refractivity contribution in [2.75, 3.05) is 20.2 Å². The smallest absolute Gasteiger partial charge is 0.222 e. The number of amides is 1. The van der Waals surface area contributed by atoms with Gasteiger partial charge in [-0.3, -0.25) is 4.79 Å². The van der Waals surface area contributed by atoms with Crippen molar-refractivity contribution in [2.24, 2.45) is 0 Å². The molecule has 0 bridgehead atoms. The van der Waals surface area contributed by atoms with Gasteiger partial charge >= 0.3 is 0 Å². The zero-order valence-corrected chi connectivity index (χ0v) is 12.1. The van der Waals surface area contributed by atoms with Crippen LogP contribution in [0.1, 0.15) is 32.6 Å². The number of hydrogen-bond donors (Lipinski definition) is 5. The maximum absolute atomic E-state index is 11.7. The van der Waals surface area contributed by atoms with E-state index in [-0.39, 0.29) is 12.5 Å². The van der Waals surface area contributed by atoms with Crippen LogP contribution in [0.3, 0.4) is 0 Å². The molecule has 0 aliphatic carbocycles. The Bertz CT molecular complexity index is 276. The van der Waals surface area contributed by atoms with Gasteiger partial charge in [0, 0.05) is 20.0 Å². The normalized spacial score (nSPS) is 17.4. The van der Waals surface area contributed by atoms with Crippen LogP contribution in [0.15, 0.2) is 0 Å². The molecule has 1 amide bonds. The Hall–Kier alpha value is -0.730. The van der Waals surface area contributed by atoms with Gasteiger partial charge in [-0.25, -0.2) is 0 Å². The number of aliphatic hydroxyl groups excluding tert-OH is 5. The zero-order valence-electron chi connectivity index (χ0n) is 12.1. The Morgan fingerprint density at radius 3 is 2.10 bits per heavy atom. The topological polar surface area (TPSA) is 121 Å². The van der Waals surface area contributed by atoms with Gasteiger partial charge in [0.1, 0.15) is 24.4 Å². The lowest BCUT2D eigenvalue weighted by Crippen LogP contribution is -2.49. The van der Waals surface area contributed by atoms with Gasteiger partial charge in [0.25, 0.3) is 0 Å². The average Bonchev–Trinajstić information content (AvgIpc) is 2.44. The number of rotatable bonds is 10. The molecular weight excluding hydrogens is 266 g/mol. The molecule has 0 spiro atoms. The maximum Gasteiger partial charge on any atom is 0.222 e. The van der Waals surface area contributed by atoms with Crippen molar-refractivity contribution in [1.29, 1.82) is 0 Å². The molecule has 0 aromatic heterocycles. The molecule has 20 heavy (non-hydrogen) atoms. The van der Waals surface area contributed by atoms with Crippen LogP contribution < -0.4 is 0 Å². The minimum atomic E-state index is -1.67. The zero-order chi connectivity index (χ0) is 15.7. The van der Waals surface area contributed by atoms with Crippen molar-refractivity contribution in [3.8, 4) is 0 Å². The lowest BCUT2D eigenvalue weighted by molar-refractivity contribution is -0.138. The monoisotopic (exact) mass is 293 g/mol. The SMILES string of the molecule is CCCCCC(=O)N(C)CC(O)C(O)C(O)C(O)CO. The van der Waals surface area contributed by atoms with Gasteiger partial charge in [-0.05, 0) is 6.42 Å². The van der Waals surface area contributed by atoms with Crippen LogP contribution in [0.5, 0.6) is 0 Å². The molecule has 0 saturated heterocycles. The Balaban J connectivity index is 4.23. The molecule has 0 aliphatic rings. The first-order chi connectivity index (χ1) is 9.34. The van der Waals surface area contributed by atoms with Crippen molar-refractivity contribution in [1.82, 2.24) is 4.90 Å². The molecule has 120 valence electrons. The largest absolute Gasteiger partial charge is 0.394 e. The Morgan fingerprint density at radius 2 is 1.60 bits per heavy atom. The highest BCUT2D eigenvalue weighted by atomic mass is 16.4. The molecule has 0 heterocycles. The van der Waals surface area contributed by atoms with E-state index in [4.69, 9.17) is 5.11 Å². The fourth-order valence-corrected chi connectivity index (χ4v) is 1.77. The van der Waals surface area contributed by atoms with Crippen LogP contribution >= 0.6 is 0 Å². The summed E-state index contributed by atoms with van der Waals surface area (Å²) in [7, 11) is 1.50. The molecule has 5 N–H and O–H groups in total. The van der Waals surface area contributed by atoms with Gasteiger partial charge in [-0.2, -0.15) is 0 Å². The summed E-state index contributed by atoms with van der Waals surface area (Å²) in [5.74, 6) is -0.151. The van der Waals surface area contributed by atoms with Gasteiger partial charge in [-0.15, -0.1) is 0 Å². The first-order valence-corrected chi connectivity index (χ1v) is 6.92. The van der Waals surface area contributed by atoms with E-state index in [1.807, 2.05) is 6.92 Å². The minimum absolute atomic E-state index is 0.151. The molecule has 0 aliphatic heterocycles. The van der Waals surface area contributed by atoms with Crippen LogP contribution in [0.25, 0.3) is 0 Å². The molecule has 0 aromatic rings. The summed E-state index contributed by atoms with van der Waals surface area (Å²) in [5, 5.41) is 46.6. The highest BCUT2D eigenvalue weighted by molar-refractivity contribution is 5.75. The van der Waals surface area contributed by atoms with Crippen LogP contribution in [-0.4, -0.2) is 81.0 Å². The molecule has 0 aromatic carbocycles. The Labute approximate surface area is 119 Å². The van der Waals surface area contributed by atoms with Crippen LogP contribution in [0.2, 0.25) is 0 Å². The highest BCUT2D eigenvalue weighted by Crippen LogP contribution is 2.08. The molecule has 7 heteroatoms. The first-order valence-electron chi connectivity index (χ1n) is 6.92. The third-order valence-electron chi connectivity index (χ3n) is 3.21. The summed E-state index contributed by atoms with van der Waals surface area (Å²) in [5.41, 5.74) is 0. The van der Waals surface area contributed by atoms with Gasteiger partial charge in [0.05, 0.1) is 6.61 Å². The fourth-order valence-electron chi connectivity index (χ4n) is 1.77. The predicted molar refractivity (Wildman–Crippen MR) is 72.9 cm³/mol. The van der Waals surface area contributed by atoms with E-state index in [0.717, 1.165) is 19.3 Å². The number of hydrogen-bond acceptors (Lipinski definition) is 6. The fraction of sp³-hybridized carbons (Fsp3) is 0.923. The Kier molecular flexibility index (Phi) is 9.70. The molecule has 0 radical (unpaired) electrons. The summed E-state index contributed by atoms with van der Waals surface area (Å²) >= 11 is 0. The van der Waals surface area contributed by atoms with Gasteiger partial charge in [-0.1, -0.05) is 19.8 Å². The number of aliphatic hydroxyl groups is 5. The lowest BCUT2D eigenvalue weighted by atomic mass is 10.0. The molecule has 0 rings (SSSR count). The summed E-state index contributed by atoms with van der Waals surface area (Å²) in [6.07, 6.45) is -3.15. The standard InChI is InChI=1S/C13H27NO6/c1-3-4-5-6-11(18)14(2)7-9(16)12(19)13(20)10(17)8-15/h9-10,12-13,15-17,19-20H,3-8H2,1-2H3. The number of unbranched alkanes of at least 4 members (excludes halogenated alkanes) is 2. The van der Waals surface area contributed by atoms with E-state index >= 15 is 0 Å². The van der Waals surface area contributed by atoms with Crippen molar-refractivity contribution < 1.29 is 30.3 Å². The highest BCUT2D eigenvalue weighted by Gasteiger charge is 2.31. The molecule has 7 nitrogen and oxygen atoms in total. The molecule has 4 atom stereocenters. The second-order valence-corrected chi connectivity index (χ2v) is 5.03. The summed E-state index contributed by atoms with van der Waals surface area (Å²) in [6, 6.07) is 0. The second-order valence-electron chi connectivity index (χ2n) is 5.03. The van der Waals surface area contributed by atoms with Crippen molar-refractivity contribution in [2.45, 2.75) is 57.0 Å². The van der Waals surface area contributed by atoms with Crippen LogP contribution in [-0.2, 0) is 4.79 Å². The number of likely N-dealkylation sites (N-methyl/N-ethyl adjacent to an activating group) is 1. The van der Waals surface area contributed by atoms with E-state index < -0.39 is 31.0 Å². The third-order valence-corrected chi connectivity index (χ3v) is 3.21. The first kappa shape index (κ1) is 19.3. The molecule has 0 fully saturated rings. The van der Waals surface area contributed by atoms with Crippen molar-refractivity contribution >= 4 is 5.91 Å². The number of nitrogens with zero attached hydrogens (tertiary/aromatic N) is 1. The minimum Gasteiger partial charge on any atom is -0.394 e. The van der Waals surface area contributed by atoms with E-state index in [1.165, 1.54) is 11.9 Å². The van der Waals surface area contributed by atoms with Gasteiger partial charge in [0.15, 0.2) is 0 Å². The van der Waals surface area contributed by atoms with Crippen LogP contribution in [0, 0.1) is 0 Å². The second kappa shape index (κ2) is 10.1. The number of carbonyl (C=O) groups excluding carboxylic acids is 1. The van der Waals surface area contributed by atoms with Crippen LogP contribution in [0.4, 0.5) is 0 Å². The predicted octanol–water partition coefficient (Wildman–Crippen LogP) is -1.54. The third kappa shape index (κ3) is 6.62. The molecule has 4 unspecified atom stereocenters. The summed E-state index contributed by atoms with van der Waals surface area (Å²) in [4.78, 5) is 13.0. The molecule has 0 saturated carbocycles. The van der Waals surface area contributed by atoms with E-state index in [1.54, 1.807) is 0 Å². The Morgan fingerprint density at radius 1 is 1.05 bits per heavy atom. The summed E-state index contributed by atoms with van der Waals surface area (Å²) < 4.78 is 0.